The van der Waals surface area contributed by atoms with Gasteiger partial charge in [0.05, 0.1) is 0 Å². The second kappa shape index (κ2) is 6.99. The van der Waals surface area contributed by atoms with Gasteiger partial charge >= 0.3 is 0 Å². The van der Waals surface area contributed by atoms with Crippen LogP contribution in [0.5, 0.6) is 0 Å². The Balaban J connectivity index is 0. The molecule has 0 saturated carbocycles. The summed E-state index contributed by atoms with van der Waals surface area (Å²) in [5.74, 6) is 0. The van der Waals surface area contributed by atoms with E-state index >= 15 is 0 Å². The highest BCUT2D eigenvalue weighted by molar-refractivity contribution is 5.85. The fraction of sp³-hybridized carbons (Fsp3) is 0.667. The van der Waals surface area contributed by atoms with Gasteiger partial charge in [-0.1, -0.05) is 19.1 Å². The number of rotatable bonds is 2. The molecule has 0 aliphatic rings. The SMILES string of the molecule is C/C=C/[C@@H](N)CC.Cl. The first-order chi connectivity index (χ1) is 3.31. The van der Waals surface area contributed by atoms with Crippen LogP contribution in [0.3, 0.4) is 0 Å². The lowest BCUT2D eigenvalue weighted by molar-refractivity contribution is 0.781. The third-order valence-electron chi connectivity index (χ3n) is 0.911. The molecule has 1 nitrogen and oxygen atoms in total. The largest absolute Gasteiger partial charge is 0.324 e. The molecule has 0 amide bonds. The molecule has 0 radical (unpaired) electrons. The maximum atomic E-state index is 5.50. The lowest BCUT2D eigenvalue weighted by Crippen LogP contribution is -2.14. The topological polar surface area (TPSA) is 26.0 Å². The van der Waals surface area contributed by atoms with Crippen LogP contribution >= 0.6 is 12.4 Å². The van der Waals surface area contributed by atoms with Crippen LogP contribution in [0.4, 0.5) is 0 Å². The lowest BCUT2D eigenvalue weighted by Gasteiger charge is -1.96. The molecule has 0 aliphatic carbocycles. The molecule has 8 heavy (non-hydrogen) atoms. The summed E-state index contributed by atoms with van der Waals surface area (Å²) in [5, 5.41) is 0. The van der Waals surface area contributed by atoms with E-state index in [1.54, 1.807) is 0 Å². The van der Waals surface area contributed by atoms with E-state index in [-0.39, 0.29) is 18.4 Å². The fourth-order valence-corrected chi connectivity index (χ4v) is 0.383. The van der Waals surface area contributed by atoms with Gasteiger partial charge < -0.3 is 5.73 Å². The summed E-state index contributed by atoms with van der Waals surface area (Å²) in [5.41, 5.74) is 5.50. The average Bonchev–Trinajstić information content (AvgIpc) is 1.68. The Morgan fingerprint density at radius 1 is 1.62 bits per heavy atom. The van der Waals surface area contributed by atoms with Crippen molar-refractivity contribution in [1.29, 1.82) is 0 Å². The van der Waals surface area contributed by atoms with Crippen molar-refractivity contribution >= 4 is 12.4 Å². The van der Waals surface area contributed by atoms with E-state index in [9.17, 15) is 0 Å². The van der Waals surface area contributed by atoms with Crippen LogP contribution in [-0.2, 0) is 0 Å². The van der Waals surface area contributed by atoms with Gasteiger partial charge in [-0.05, 0) is 13.3 Å². The van der Waals surface area contributed by atoms with Gasteiger partial charge in [0.2, 0.25) is 0 Å². The van der Waals surface area contributed by atoms with Gasteiger partial charge in [-0.3, -0.25) is 0 Å². The molecule has 0 heterocycles. The summed E-state index contributed by atoms with van der Waals surface area (Å²) in [6.07, 6.45) is 5.01. The second-order valence-corrected chi connectivity index (χ2v) is 1.60. The van der Waals surface area contributed by atoms with Crippen molar-refractivity contribution in [1.82, 2.24) is 0 Å². The van der Waals surface area contributed by atoms with Crippen molar-refractivity contribution in [3.8, 4) is 0 Å². The summed E-state index contributed by atoms with van der Waals surface area (Å²) in [6.45, 7) is 4.06. The summed E-state index contributed by atoms with van der Waals surface area (Å²) < 4.78 is 0. The highest BCUT2D eigenvalue weighted by Gasteiger charge is 1.85. The Hall–Kier alpha value is -0.0100. The van der Waals surface area contributed by atoms with Crippen LogP contribution < -0.4 is 5.73 Å². The second-order valence-electron chi connectivity index (χ2n) is 1.60. The minimum Gasteiger partial charge on any atom is -0.324 e. The van der Waals surface area contributed by atoms with Gasteiger partial charge in [0.15, 0.2) is 0 Å². The number of hydrogen-bond donors (Lipinski definition) is 1. The highest BCUT2D eigenvalue weighted by Crippen LogP contribution is 1.85. The molecular formula is C6H14ClN. The van der Waals surface area contributed by atoms with Crippen LogP contribution in [0.1, 0.15) is 20.3 Å². The van der Waals surface area contributed by atoms with Crippen LogP contribution in [0, 0.1) is 0 Å². The molecule has 0 aromatic heterocycles. The predicted molar refractivity (Wildman–Crippen MR) is 40.3 cm³/mol. The number of nitrogens with two attached hydrogens (primary N) is 1. The van der Waals surface area contributed by atoms with E-state index < -0.39 is 0 Å². The number of halogens is 1. The Labute approximate surface area is 57.4 Å². The molecule has 0 aliphatic heterocycles. The highest BCUT2D eigenvalue weighted by atomic mass is 35.5. The van der Waals surface area contributed by atoms with Crippen molar-refractivity contribution in [3.63, 3.8) is 0 Å². The summed E-state index contributed by atoms with van der Waals surface area (Å²) in [4.78, 5) is 0. The monoisotopic (exact) mass is 135 g/mol. The molecule has 0 saturated heterocycles. The molecule has 0 aromatic carbocycles. The number of allylic oxidation sites excluding steroid dienone is 1. The van der Waals surface area contributed by atoms with Gasteiger partial charge in [0.1, 0.15) is 0 Å². The molecule has 1 atom stereocenters. The zero-order chi connectivity index (χ0) is 5.70. The van der Waals surface area contributed by atoms with Crippen molar-refractivity contribution in [2.45, 2.75) is 26.3 Å². The molecule has 2 heteroatoms. The van der Waals surface area contributed by atoms with Crippen molar-refractivity contribution in [2.75, 3.05) is 0 Å². The van der Waals surface area contributed by atoms with E-state index in [1.165, 1.54) is 0 Å². The Kier molecular flexibility index (Phi) is 9.51. The maximum absolute atomic E-state index is 5.50. The molecule has 0 aromatic rings. The summed E-state index contributed by atoms with van der Waals surface area (Å²) in [7, 11) is 0. The van der Waals surface area contributed by atoms with Gasteiger partial charge in [-0.15, -0.1) is 12.4 Å². The fourth-order valence-electron chi connectivity index (χ4n) is 0.383. The smallest absolute Gasteiger partial charge is 0.0220 e. The Bertz CT molecular complexity index is 61.5. The van der Waals surface area contributed by atoms with Crippen molar-refractivity contribution < 1.29 is 0 Å². The van der Waals surface area contributed by atoms with E-state index in [0.717, 1.165) is 6.42 Å². The Morgan fingerprint density at radius 3 is 2.25 bits per heavy atom. The first-order valence-corrected chi connectivity index (χ1v) is 2.69. The maximum Gasteiger partial charge on any atom is 0.0220 e. The van der Waals surface area contributed by atoms with Crippen molar-refractivity contribution in [3.05, 3.63) is 12.2 Å². The Morgan fingerprint density at radius 2 is 2.12 bits per heavy atom. The van der Waals surface area contributed by atoms with Gasteiger partial charge in [0.25, 0.3) is 0 Å². The van der Waals surface area contributed by atoms with Crippen LogP contribution in [0.15, 0.2) is 12.2 Å². The standard InChI is InChI=1S/C6H13N.ClH/c1-3-5-6(7)4-2;/h3,5-6H,4,7H2,1-2H3;1H/b5-3+;/t6-;/m0./s1. The van der Waals surface area contributed by atoms with Crippen LogP contribution in [0.25, 0.3) is 0 Å². The average molecular weight is 136 g/mol. The van der Waals surface area contributed by atoms with E-state index in [4.69, 9.17) is 5.73 Å². The molecule has 0 rings (SSSR count). The summed E-state index contributed by atoms with van der Waals surface area (Å²) >= 11 is 0. The first kappa shape index (κ1) is 10.9. The van der Waals surface area contributed by atoms with Crippen LogP contribution in [0.2, 0.25) is 0 Å². The van der Waals surface area contributed by atoms with E-state index in [1.807, 2.05) is 19.1 Å². The number of hydrogen-bond acceptors (Lipinski definition) is 1. The van der Waals surface area contributed by atoms with Gasteiger partial charge in [0, 0.05) is 6.04 Å². The molecule has 0 fully saturated rings. The zero-order valence-corrected chi connectivity index (χ0v) is 6.24. The predicted octanol–water partition coefficient (Wildman–Crippen LogP) is 1.72. The normalized spacial score (nSPS) is 13.4. The minimum atomic E-state index is 0. The summed E-state index contributed by atoms with van der Waals surface area (Å²) in [6, 6.07) is 0.269. The molecule has 2 N–H and O–H groups in total. The van der Waals surface area contributed by atoms with Crippen molar-refractivity contribution in [2.24, 2.45) is 5.73 Å². The molecular weight excluding hydrogens is 122 g/mol. The molecule has 0 bridgehead atoms. The molecule has 0 spiro atoms. The quantitative estimate of drug-likeness (QED) is 0.574. The van der Waals surface area contributed by atoms with E-state index in [2.05, 4.69) is 6.92 Å². The molecule has 50 valence electrons. The first-order valence-electron chi connectivity index (χ1n) is 2.69. The minimum absolute atomic E-state index is 0. The van der Waals surface area contributed by atoms with Crippen LogP contribution in [-0.4, -0.2) is 6.04 Å². The lowest BCUT2D eigenvalue weighted by atomic mass is 10.2. The third-order valence-corrected chi connectivity index (χ3v) is 0.911. The zero-order valence-electron chi connectivity index (χ0n) is 5.42. The third kappa shape index (κ3) is 5.99. The van der Waals surface area contributed by atoms with Gasteiger partial charge in [-0.2, -0.15) is 0 Å². The van der Waals surface area contributed by atoms with E-state index in [0.29, 0.717) is 0 Å². The van der Waals surface area contributed by atoms with Gasteiger partial charge in [-0.25, -0.2) is 0 Å². The molecule has 0 unspecified atom stereocenters.